The third kappa shape index (κ3) is 11.1. The smallest absolute Gasteiger partial charge is 0.159 e. The number of benzene rings is 1. The molecule has 0 radical (unpaired) electrons. The van der Waals surface area contributed by atoms with Crippen LogP contribution in [-0.2, 0) is 11.2 Å². The average molecular weight is 425 g/mol. The highest BCUT2D eigenvalue weighted by Crippen LogP contribution is 2.18. The van der Waals surface area contributed by atoms with E-state index in [2.05, 4.69) is 60.2 Å². The van der Waals surface area contributed by atoms with E-state index in [-0.39, 0.29) is 0 Å². The van der Waals surface area contributed by atoms with Crippen molar-refractivity contribution in [3.8, 4) is 17.1 Å². The van der Waals surface area contributed by atoms with Crippen LogP contribution < -0.4 is 4.74 Å². The molecule has 0 saturated carbocycles. The van der Waals surface area contributed by atoms with E-state index in [1.807, 2.05) is 0 Å². The molecule has 0 aliphatic heterocycles. The molecule has 0 saturated heterocycles. The minimum absolute atomic E-state index is 0.565. The summed E-state index contributed by atoms with van der Waals surface area (Å²) >= 11 is 0. The molecule has 0 bridgehead atoms. The maximum Gasteiger partial charge on any atom is 0.159 e. The van der Waals surface area contributed by atoms with Crippen molar-refractivity contribution in [2.75, 3.05) is 19.8 Å². The Bertz CT molecular complexity index is 711. The third-order valence-electron chi connectivity index (χ3n) is 5.18. The van der Waals surface area contributed by atoms with Crippen LogP contribution in [0.1, 0.15) is 77.2 Å². The molecule has 2 aromatic rings. The van der Waals surface area contributed by atoms with Gasteiger partial charge in [-0.05, 0) is 44.1 Å². The zero-order chi connectivity index (χ0) is 22.0. The number of ether oxygens (including phenoxy) is 2. The molecule has 1 heterocycles. The molecule has 0 N–H and O–H groups in total. The van der Waals surface area contributed by atoms with Crippen molar-refractivity contribution in [3.63, 3.8) is 0 Å². The van der Waals surface area contributed by atoms with Gasteiger partial charge in [-0.15, -0.1) is 0 Å². The highest BCUT2D eigenvalue weighted by Gasteiger charge is 2.03. The largest absolute Gasteiger partial charge is 0.486 e. The molecule has 0 aliphatic rings. The third-order valence-corrected chi connectivity index (χ3v) is 5.18. The molecule has 1 aromatic heterocycles. The number of rotatable bonds is 17. The predicted molar refractivity (Wildman–Crippen MR) is 130 cm³/mol. The van der Waals surface area contributed by atoms with Crippen LogP contribution in [0.3, 0.4) is 0 Å². The summed E-state index contributed by atoms with van der Waals surface area (Å²) in [5, 5.41) is 0. The van der Waals surface area contributed by atoms with Gasteiger partial charge in [-0.2, -0.15) is 0 Å². The van der Waals surface area contributed by atoms with E-state index < -0.39 is 0 Å². The highest BCUT2D eigenvalue weighted by molar-refractivity contribution is 5.55. The molecule has 170 valence electrons. The van der Waals surface area contributed by atoms with E-state index >= 15 is 0 Å². The van der Waals surface area contributed by atoms with Gasteiger partial charge < -0.3 is 9.47 Å². The van der Waals surface area contributed by atoms with Crippen molar-refractivity contribution in [3.05, 3.63) is 54.4 Å². The van der Waals surface area contributed by atoms with Gasteiger partial charge in [0.1, 0.15) is 6.61 Å². The normalized spacial score (nSPS) is 11.3. The van der Waals surface area contributed by atoms with Gasteiger partial charge >= 0.3 is 0 Å². The Balaban J connectivity index is 1.66. The minimum atomic E-state index is 0.565. The van der Waals surface area contributed by atoms with E-state index in [9.17, 15) is 0 Å². The molecule has 0 aliphatic carbocycles. The van der Waals surface area contributed by atoms with Gasteiger partial charge in [0, 0.05) is 18.8 Å². The minimum Gasteiger partial charge on any atom is -0.486 e. The number of hydrogen-bond acceptors (Lipinski definition) is 4. The highest BCUT2D eigenvalue weighted by atomic mass is 16.5. The number of hydrogen-bond donors (Lipinski definition) is 0. The van der Waals surface area contributed by atoms with Gasteiger partial charge in [0.05, 0.1) is 12.4 Å². The second kappa shape index (κ2) is 16.5. The molecule has 31 heavy (non-hydrogen) atoms. The van der Waals surface area contributed by atoms with Crippen LogP contribution in [0.25, 0.3) is 11.4 Å². The molecule has 4 heteroatoms. The lowest BCUT2D eigenvalue weighted by atomic mass is 10.0. The van der Waals surface area contributed by atoms with Crippen molar-refractivity contribution in [2.45, 2.75) is 78.1 Å². The Hall–Kier alpha value is -2.20. The Morgan fingerprint density at radius 2 is 1.55 bits per heavy atom. The number of aryl methyl sites for hydroxylation is 1. The zero-order valence-corrected chi connectivity index (χ0v) is 19.5. The summed E-state index contributed by atoms with van der Waals surface area (Å²) in [7, 11) is 0. The van der Waals surface area contributed by atoms with Gasteiger partial charge in [-0.1, -0.05) is 75.9 Å². The fourth-order valence-electron chi connectivity index (χ4n) is 3.34. The summed E-state index contributed by atoms with van der Waals surface area (Å²) in [6.07, 6.45) is 19.8. The van der Waals surface area contributed by atoms with Gasteiger partial charge in [0.2, 0.25) is 0 Å². The first-order valence-corrected chi connectivity index (χ1v) is 12.1. The Kier molecular flexibility index (Phi) is 13.3. The molecule has 4 nitrogen and oxygen atoms in total. The van der Waals surface area contributed by atoms with Gasteiger partial charge in [-0.25, -0.2) is 9.97 Å². The lowest BCUT2D eigenvalue weighted by Crippen LogP contribution is -1.96. The van der Waals surface area contributed by atoms with E-state index in [1.54, 1.807) is 12.4 Å². The van der Waals surface area contributed by atoms with Crippen LogP contribution in [0, 0.1) is 0 Å². The summed E-state index contributed by atoms with van der Waals surface area (Å²) < 4.78 is 11.2. The zero-order valence-electron chi connectivity index (χ0n) is 19.5. The summed E-state index contributed by atoms with van der Waals surface area (Å²) in [5.74, 6) is 1.44. The molecular weight excluding hydrogens is 384 g/mol. The predicted octanol–water partition coefficient (Wildman–Crippen LogP) is 7.19. The monoisotopic (exact) mass is 424 g/mol. The first-order valence-electron chi connectivity index (χ1n) is 12.1. The van der Waals surface area contributed by atoms with Crippen molar-refractivity contribution in [1.29, 1.82) is 0 Å². The molecule has 2 rings (SSSR count). The lowest BCUT2D eigenvalue weighted by molar-refractivity contribution is 0.130. The Labute approximate surface area is 189 Å². The quantitative estimate of drug-likeness (QED) is 0.199. The molecule has 0 atom stereocenters. The van der Waals surface area contributed by atoms with Crippen molar-refractivity contribution in [1.82, 2.24) is 9.97 Å². The SMILES string of the molecule is CCCCCC=CCOc1cnc(-c2ccc(CCCCCCOCCC)cc2)nc1. The van der Waals surface area contributed by atoms with E-state index in [0.717, 1.165) is 43.9 Å². The maximum absolute atomic E-state index is 5.69. The van der Waals surface area contributed by atoms with Crippen LogP contribution in [0.2, 0.25) is 0 Å². The standard InChI is InChI=1S/C27H40N2O2/c1-3-5-6-7-9-13-21-31-26-22-28-27(29-23-26)25-17-15-24(16-18-25)14-11-8-10-12-20-30-19-4-2/h9,13,15-18,22-23H,3-8,10-12,14,19-21H2,1-2H3. The Morgan fingerprint density at radius 1 is 0.774 bits per heavy atom. The molecular formula is C27H40N2O2. The summed E-state index contributed by atoms with van der Waals surface area (Å²) in [6, 6.07) is 8.61. The van der Waals surface area contributed by atoms with Crippen LogP contribution in [0.4, 0.5) is 0 Å². The van der Waals surface area contributed by atoms with Crippen LogP contribution in [0.15, 0.2) is 48.8 Å². The van der Waals surface area contributed by atoms with E-state index in [4.69, 9.17) is 9.47 Å². The first-order chi connectivity index (χ1) is 15.3. The molecule has 0 amide bonds. The molecule has 1 aromatic carbocycles. The van der Waals surface area contributed by atoms with Crippen molar-refractivity contribution >= 4 is 0 Å². The second-order valence-corrected chi connectivity index (χ2v) is 7.99. The lowest BCUT2D eigenvalue weighted by Gasteiger charge is -2.06. The Morgan fingerprint density at radius 3 is 2.29 bits per heavy atom. The van der Waals surface area contributed by atoms with Crippen molar-refractivity contribution in [2.24, 2.45) is 0 Å². The second-order valence-electron chi connectivity index (χ2n) is 7.99. The van der Waals surface area contributed by atoms with Gasteiger partial charge in [0.25, 0.3) is 0 Å². The molecule has 0 unspecified atom stereocenters. The summed E-state index contributed by atoms with van der Waals surface area (Å²) in [5.41, 5.74) is 2.41. The van der Waals surface area contributed by atoms with Crippen LogP contribution in [-0.4, -0.2) is 29.8 Å². The fourth-order valence-corrected chi connectivity index (χ4v) is 3.34. The van der Waals surface area contributed by atoms with Gasteiger partial charge in [-0.3, -0.25) is 0 Å². The number of unbranched alkanes of at least 4 members (excludes halogenated alkanes) is 6. The molecule has 0 spiro atoms. The molecule has 0 fully saturated rings. The summed E-state index contributed by atoms with van der Waals surface area (Å²) in [4.78, 5) is 8.93. The fraction of sp³-hybridized carbons (Fsp3) is 0.556. The van der Waals surface area contributed by atoms with Crippen molar-refractivity contribution < 1.29 is 9.47 Å². The van der Waals surface area contributed by atoms with Crippen LogP contribution >= 0.6 is 0 Å². The van der Waals surface area contributed by atoms with Crippen LogP contribution in [0.5, 0.6) is 5.75 Å². The number of aromatic nitrogens is 2. The maximum atomic E-state index is 5.69. The van der Waals surface area contributed by atoms with E-state index in [1.165, 1.54) is 50.5 Å². The summed E-state index contributed by atoms with van der Waals surface area (Å²) in [6.45, 7) is 6.73. The van der Waals surface area contributed by atoms with E-state index in [0.29, 0.717) is 12.4 Å². The van der Waals surface area contributed by atoms with Gasteiger partial charge in [0.15, 0.2) is 11.6 Å². The first kappa shape index (κ1) is 25.1. The number of nitrogens with zero attached hydrogens (tertiary/aromatic N) is 2. The average Bonchev–Trinajstić information content (AvgIpc) is 2.81. The number of allylic oxidation sites excluding steroid dienone is 1. The topological polar surface area (TPSA) is 44.2 Å².